The van der Waals surface area contributed by atoms with E-state index in [1.54, 1.807) is 0 Å². The molecular formula is C22H29ClN4O2. The van der Waals surface area contributed by atoms with Crippen LogP contribution >= 0.6 is 11.6 Å². The highest BCUT2D eigenvalue weighted by Crippen LogP contribution is 2.31. The quantitative estimate of drug-likeness (QED) is 0.745. The van der Waals surface area contributed by atoms with Crippen LogP contribution in [-0.4, -0.2) is 52.0 Å². The number of piperidine rings is 2. The number of benzene rings is 1. The van der Waals surface area contributed by atoms with Gasteiger partial charge in [0.25, 0.3) is 0 Å². The smallest absolute Gasteiger partial charge is 0.241 e. The van der Waals surface area contributed by atoms with Gasteiger partial charge in [-0.2, -0.15) is 4.98 Å². The maximum absolute atomic E-state index is 13.0. The van der Waals surface area contributed by atoms with Gasteiger partial charge in [0.1, 0.15) is 0 Å². The second-order valence-corrected chi connectivity index (χ2v) is 9.48. The first-order valence-corrected chi connectivity index (χ1v) is 10.9. The third-order valence-corrected chi connectivity index (χ3v) is 6.42. The van der Waals surface area contributed by atoms with Crippen LogP contribution in [0.1, 0.15) is 45.4 Å². The molecule has 6 nitrogen and oxygen atoms in total. The second-order valence-electron chi connectivity index (χ2n) is 9.07. The summed E-state index contributed by atoms with van der Waals surface area (Å²) in [5, 5.41) is 4.68. The van der Waals surface area contributed by atoms with Crippen molar-refractivity contribution in [3.63, 3.8) is 0 Å². The first-order chi connectivity index (χ1) is 13.9. The van der Waals surface area contributed by atoms with Gasteiger partial charge in [-0.05, 0) is 56.3 Å². The van der Waals surface area contributed by atoms with Gasteiger partial charge in [0.2, 0.25) is 17.6 Å². The van der Waals surface area contributed by atoms with Gasteiger partial charge in [-0.15, -0.1) is 0 Å². The molecule has 0 spiro atoms. The molecule has 0 N–H and O–H groups in total. The molecule has 0 atom stereocenters. The number of nitrogens with zero attached hydrogens (tertiary/aromatic N) is 4. The Morgan fingerprint density at radius 3 is 2.72 bits per heavy atom. The van der Waals surface area contributed by atoms with E-state index in [0.29, 0.717) is 29.2 Å². The van der Waals surface area contributed by atoms with E-state index in [1.165, 1.54) is 6.42 Å². The molecule has 2 aliphatic heterocycles. The van der Waals surface area contributed by atoms with E-state index in [4.69, 9.17) is 16.1 Å². The SMILES string of the molecule is CC1(C)CCCN(C(=O)C2CCN(Cc3nc(-c4ccccc4Cl)no3)CC2)C1. The number of amides is 1. The van der Waals surface area contributed by atoms with Crippen LogP contribution in [0.4, 0.5) is 0 Å². The van der Waals surface area contributed by atoms with Gasteiger partial charge in [-0.1, -0.05) is 42.7 Å². The van der Waals surface area contributed by atoms with E-state index in [1.807, 2.05) is 24.3 Å². The molecule has 2 aromatic rings. The molecule has 2 aliphatic rings. The van der Waals surface area contributed by atoms with Crippen LogP contribution in [0.5, 0.6) is 0 Å². The fourth-order valence-corrected chi connectivity index (χ4v) is 4.69. The molecule has 1 aromatic heterocycles. The summed E-state index contributed by atoms with van der Waals surface area (Å²) in [6, 6.07) is 7.49. The summed E-state index contributed by atoms with van der Waals surface area (Å²) >= 11 is 6.22. The minimum absolute atomic E-state index is 0.140. The minimum atomic E-state index is 0.140. The van der Waals surface area contributed by atoms with Gasteiger partial charge in [-0.25, -0.2) is 0 Å². The van der Waals surface area contributed by atoms with Crippen molar-refractivity contribution in [3.05, 3.63) is 35.2 Å². The largest absolute Gasteiger partial charge is 0.342 e. The van der Waals surface area contributed by atoms with E-state index >= 15 is 0 Å². The van der Waals surface area contributed by atoms with Crippen LogP contribution < -0.4 is 0 Å². The Balaban J connectivity index is 1.30. The molecule has 0 unspecified atom stereocenters. The van der Waals surface area contributed by atoms with Crippen molar-refractivity contribution in [1.82, 2.24) is 19.9 Å². The highest BCUT2D eigenvalue weighted by Gasteiger charge is 2.34. The second kappa shape index (κ2) is 8.44. The standard InChI is InChI=1S/C22H29ClN4O2/c1-22(2)10-5-11-27(15-22)21(28)16-8-12-26(13-9-16)14-19-24-20(25-29-19)17-6-3-4-7-18(17)23/h3-4,6-7,16H,5,8-15H2,1-2H3. The van der Waals surface area contributed by atoms with Gasteiger partial charge in [0.15, 0.2) is 0 Å². The lowest BCUT2D eigenvalue weighted by Crippen LogP contribution is -2.48. The molecule has 2 fully saturated rings. The molecule has 0 aliphatic carbocycles. The van der Waals surface area contributed by atoms with E-state index in [9.17, 15) is 4.79 Å². The van der Waals surface area contributed by atoms with Crippen molar-refractivity contribution in [1.29, 1.82) is 0 Å². The molecule has 1 amide bonds. The molecule has 4 rings (SSSR count). The van der Waals surface area contributed by atoms with Crippen molar-refractivity contribution in [2.24, 2.45) is 11.3 Å². The molecule has 2 saturated heterocycles. The lowest BCUT2D eigenvalue weighted by Gasteiger charge is -2.41. The number of carbonyl (C=O) groups is 1. The van der Waals surface area contributed by atoms with Crippen LogP contribution in [-0.2, 0) is 11.3 Å². The van der Waals surface area contributed by atoms with Crippen LogP contribution in [0.15, 0.2) is 28.8 Å². The molecule has 3 heterocycles. The summed E-state index contributed by atoms with van der Waals surface area (Å²) in [5.74, 6) is 1.59. The maximum Gasteiger partial charge on any atom is 0.241 e. The maximum atomic E-state index is 13.0. The van der Waals surface area contributed by atoms with Gasteiger partial charge in [-0.3, -0.25) is 9.69 Å². The number of likely N-dealkylation sites (tertiary alicyclic amines) is 2. The topological polar surface area (TPSA) is 62.5 Å². The van der Waals surface area contributed by atoms with Crippen molar-refractivity contribution in [2.75, 3.05) is 26.2 Å². The van der Waals surface area contributed by atoms with Crippen LogP contribution in [0.3, 0.4) is 0 Å². The van der Waals surface area contributed by atoms with E-state index in [0.717, 1.165) is 51.0 Å². The Bertz CT molecular complexity index is 858. The summed E-state index contributed by atoms with van der Waals surface area (Å²) in [6.07, 6.45) is 4.10. The Morgan fingerprint density at radius 1 is 1.24 bits per heavy atom. The van der Waals surface area contributed by atoms with E-state index < -0.39 is 0 Å². The number of halogens is 1. The lowest BCUT2D eigenvalue weighted by molar-refractivity contribution is -0.140. The summed E-state index contributed by atoms with van der Waals surface area (Å²) < 4.78 is 5.43. The monoisotopic (exact) mass is 416 g/mol. The number of aromatic nitrogens is 2. The Morgan fingerprint density at radius 2 is 2.00 bits per heavy atom. The summed E-state index contributed by atoms with van der Waals surface area (Å²) in [6.45, 7) is 8.67. The first-order valence-electron chi connectivity index (χ1n) is 10.5. The van der Waals surface area contributed by atoms with E-state index in [-0.39, 0.29) is 11.3 Å². The number of hydrogen-bond acceptors (Lipinski definition) is 5. The zero-order valence-electron chi connectivity index (χ0n) is 17.2. The number of hydrogen-bond donors (Lipinski definition) is 0. The fraction of sp³-hybridized carbons (Fsp3) is 0.591. The first kappa shape index (κ1) is 20.4. The molecule has 0 saturated carbocycles. The predicted octanol–water partition coefficient (Wildman–Crippen LogP) is 4.25. The highest BCUT2D eigenvalue weighted by molar-refractivity contribution is 6.33. The molecule has 29 heavy (non-hydrogen) atoms. The molecule has 156 valence electrons. The average molecular weight is 417 g/mol. The summed E-state index contributed by atoms with van der Waals surface area (Å²) in [5.41, 5.74) is 1.02. The Labute approximate surface area is 177 Å². The van der Waals surface area contributed by atoms with Crippen LogP contribution in [0.2, 0.25) is 5.02 Å². The van der Waals surface area contributed by atoms with Gasteiger partial charge >= 0.3 is 0 Å². The third kappa shape index (κ3) is 4.81. The van der Waals surface area contributed by atoms with Crippen molar-refractivity contribution >= 4 is 17.5 Å². The highest BCUT2D eigenvalue weighted by atomic mass is 35.5. The number of rotatable bonds is 4. The van der Waals surface area contributed by atoms with Crippen LogP contribution in [0, 0.1) is 11.3 Å². The van der Waals surface area contributed by atoms with Crippen molar-refractivity contribution in [3.8, 4) is 11.4 Å². The van der Waals surface area contributed by atoms with Gasteiger partial charge in [0.05, 0.1) is 11.6 Å². The average Bonchev–Trinajstić information content (AvgIpc) is 3.16. The fourth-order valence-electron chi connectivity index (χ4n) is 4.47. The van der Waals surface area contributed by atoms with E-state index in [2.05, 4.69) is 33.8 Å². The summed E-state index contributed by atoms with van der Waals surface area (Å²) in [7, 11) is 0. The molecule has 0 radical (unpaired) electrons. The zero-order chi connectivity index (χ0) is 20.4. The lowest BCUT2D eigenvalue weighted by atomic mass is 9.83. The van der Waals surface area contributed by atoms with Crippen molar-refractivity contribution in [2.45, 2.75) is 46.1 Å². The van der Waals surface area contributed by atoms with Gasteiger partial charge < -0.3 is 9.42 Å². The Kier molecular flexibility index (Phi) is 5.93. The molecule has 1 aromatic carbocycles. The molecule has 0 bridgehead atoms. The minimum Gasteiger partial charge on any atom is -0.342 e. The number of carbonyl (C=O) groups excluding carboxylic acids is 1. The van der Waals surface area contributed by atoms with Gasteiger partial charge in [0, 0.05) is 24.6 Å². The summed E-state index contributed by atoms with van der Waals surface area (Å²) in [4.78, 5) is 21.8. The zero-order valence-corrected chi connectivity index (χ0v) is 18.0. The third-order valence-electron chi connectivity index (χ3n) is 6.09. The van der Waals surface area contributed by atoms with Crippen molar-refractivity contribution < 1.29 is 9.32 Å². The Hall–Kier alpha value is -1.92. The molecular weight excluding hydrogens is 388 g/mol. The van der Waals surface area contributed by atoms with Crippen LogP contribution in [0.25, 0.3) is 11.4 Å². The normalized spacial score (nSPS) is 20.7. The molecule has 7 heteroatoms. The predicted molar refractivity (Wildman–Crippen MR) is 112 cm³/mol.